The molecule has 13 heteroatoms. The Bertz CT molecular complexity index is 1190. The second-order valence-corrected chi connectivity index (χ2v) is 7.44. The first-order valence-corrected chi connectivity index (χ1v) is 9.01. The number of carbonyl (C=O) groups is 1. The van der Waals surface area contributed by atoms with Crippen LogP contribution in [0.4, 0.5) is 5.82 Å². The van der Waals surface area contributed by atoms with E-state index in [1.54, 1.807) is 0 Å². The molecule has 3 aromatic rings. The molecule has 0 aromatic carbocycles. The first kappa shape index (κ1) is 18.0. The van der Waals surface area contributed by atoms with E-state index in [4.69, 9.17) is 0 Å². The predicted molar refractivity (Wildman–Crippen MR) is 95.9 cm³/mol. The maximum absolute atomic E-state index is 12.1. The number of nitrogens with one attached hydrogen (secondary N) is 1. The van der Waals surface area contributed by atoms with E-state index in [0.717, 1.165) is 32.2 Å². The summed E-state index contributed by atoms with van der Waals surface area (Å²) in [4.78, 5) is 47.9. The molecule has 0 aliphatic carbocycles. The molecule has 0 radical (unpaired) electrons. The van der Waals surface area contributed by atoms with Crippen molar-refractivity contribution in [1.29, 1.82) is 0 Å². The molecule has 26 heavy (non-hydrogen) atoms. The van der Waals surface area contributed by atoms with Gasteiger partial charge >= 0.3 is 5.69 Å². The van der Waals surface area contributed by atoms with E-state index in [1.807, 2.05) is 0 Å². The molecule has 0 aliphatic rings. The van der Waals surface area contributed by atoms with Crippen LogP contribution in [-0.2, 0) is 18.9 Å². The zero-order chi connectivity index (χ0) is 19.0. The minimum absolute atomic E-state index is 0.0234. The fraction of sp³-hybridized carbons (Fsp3) is 0.308. The van der Waals surface area contributed by atoms with Gasteiger partial charge in [0.15, 0.2) is 4.34 Å². The molecule has 0 spiro atoms. The van der Waals surface area contributed by atoms with E-state index in [-0.39, 0.29) is 22.8 Å². The number of hydrogen-bond acceptors (Lipinski definition) is 9. The molecule has 3 heterocycles. The SMILES string of the molecule is Cc1nnc2sc(SCC(=O)Nc3cc(=O)n(C)c(=O)n3C)nn2c1=O. The van der Waals surface area contributed by atoms with Gasteiger partial charge in [0.25, 0.3) is 11.1 Å². The summed E-state index contributed by atoms with van der Waals surface area (Å²) in [7, 11) is 2.80. The van der Waals surface area contributed by atoms with Gasteiger partial charge in [0, 0.05) is 20.2 Å². The third-order valence-corrected chi connectivity index (χ3v) is 5.48. The van der Waals surface area contributed by atoms with Crippen molar-refractivity contribution in [2.45, 2.75) is 11.3 Å². The highest BCUT2D eigenvalue weighted by atomic mass is 32.2. The van der Waals surface area contributed by atoms with Crippen LogP contribution in [0.1, 0.15) is 5.69 Å². The van der Waals surface area contributed by atoms with E-state index in [2.05, 4.69) is 20.6 Å². The van der Waals surface area contributed by atoms with Crippen molar-refractivity contribution in [2.75, 3.05) is 11.1 Å². The molecule has 3 rings (SSSR count). The molecule has 0 saturated carbocycles. The fourth-order valence-electron chi connectivity index (χ4n) is 1.99. The van der Waals surface area contributed by atoms with Crippen LogP contribution >= 0.6 is 23.1 Å². The van der Waals surface area contributed by atoms with Crippen LogP contribution in [0, 0.1) is 6.92 Å². The van der Waals surface area contributed by atoms with E-state index < -0.39 is 17.2 Å². The van der Waals surface area contributed by atoms with Gasteiger partial charge in [-0.25, -0.2) is 4.79 Å². The van der Waals surface area contributed by atoms with Crippen molar-refractivity contribution in [1.82, 2.24) is 28.9 Å². The first-order valence-electron chi connectivity index (χ1n) is 7.21. The Morgan fingerprint density at radius 3 is 2.69 bits per heavy atom. The quantitative estimate of drug-likeness (QED) is 0.555. The number of aromatic nitrogens is 6. The number of nitrogens with zero attached hydrogens (tertiary/aromatic N) is 6. The Morgan fingerprint density at radius 2 is 1.96 bits per heavy atom. The third kappa shape index (κ3) is 3.30. The molecule has 1 amide bonds. The highest BCUT2D eigenvalue weighted by Gasteiger charge is 2.13. The highest BCUT2D eigenvalue weighted by molar-refractivity contribution is 8.01. The normalized spacial score (nSPS) is 11.0. The number of anilines is 1. The van der Waals surface area contributed by atoms with Crippen LogP contribution in [0.5, 0.6) is 0 Å². The summed E-state index contributed by atoms with van der Waals surface area (Å²) >= 11 is 2.23. The largest absolute Gasteiger partial charge is 0.332 e. The van der Waals surface area contributed by atoms with Crippen LogP contribution < -0.4 is 22.1 Å². The van der Waals surface area contributed by atoms with Crippen molar-refractivity contribution in [3.63, 3.8) is 0 Å². The molecule has 0 atom stereocenters. The summed E-state index contributed by atoms with van der Waals surface area (Å²) < 4.78 is 3.71. The van der Waals surface area contributed by atoms with Crippen LogP contribution in [0.15, 0.2) is 24.8 Å². The van der Waals surface area contributed by atoms with Crippen LogP contribution in [0.25, 0.3) is 4.96 Å². The van der Waals surface area contributed by atoms with Gasteiger partial charge in [-0.2, -0.15) is 4.52 Å². The van der Waals surface area contributed by atoms with Crippen molar-refractivity contribution in [3.8, 4) is 0 Å². The topological polar surface area (TPSA) is 133 Å². The average molecular weight is 395 g/mol. The maximum Gasteiger partial charge on any atom is 0.332 e. The number of rotatable bonds is 4. The zero-order valence-electron chi connectivity index (χ0n) is 13.9. The van der Waals surface area contributed by atoms with Gasteiger partial charge in [0.2, 0.25) is 10.9 Å². The number of fused-ring (bicyclic) bond motifs is 1. The molecule has 1 N–H and O–H groups in total. The minimum atomic E-state index is -0.542. The Kier molecular flexibility index (Phi) is 4.73. The smallest absolute Gasteiger partial charge is 0.311 e. The molecule has 0 aliphatic heterocycles. The monoisotopic (exact) mass is 395 g/mol. The summed E-state index contributed by atoms with van der Waals surface area (Å²) in [6.45, 7) is 1.54. The molecule has 136 valence electrons. The van der Waals surface area contributed by atoms with Crippen LogP contribution in [0.3, 0.4) is 0 Å². The Labute approximate surface area is 153 Å². The molecule has 0 unspecified atom stereocenters. The highest BCUT2D eigenvalue weighted by Crippen LogP contribution is 2.22. The van der Waals surface area contributed by atoms with Crippen molar-refractivity contribution >= 4 is 39.8 Å². The summed E-state index contributed by atoms with van der Waals surface area (Å²) in [6.07, 6.45) is 0. The van der Waals surface area contributed by atoms with E-state index >= 15 is 0 Å². The minimum Gasteiger partial charge on any atom is -0.311 e. The maximum atomic E-state index is 12.1. The van der Waals surface area contributed by atoms with Gasteiger partial charge < -0.3 is 5.32 Å². The Morgan fingerprint density at radius 1 is 1.23 bits per heavy atom. The summed E-state index contributed by atoms with van der Waals surface area (Å²) in [5, 5.41) is 14.2. The second-order valence-electron chi connectivity index (χ2n) is 5.26. The van der Waals surface area contributed by atoms with Gasteiger partial charge in [0.1, 0.15) is 11.5 Å². The molecule has 0 bridgehead atoms. The molecule has 0 saturated heterocycles. The third-order valence-electron chi connectivity index (χ3n) is 3.45. The van der Waals surface area contributed by atoms with Crippen molar-refractivity contribution in [3.05, 3.63) is 43.0 Å². The van der Waals surface area contributed by atoms with Crippen molar-refractivity contribution < 1.29 is 4.79 Å². The number of aryl methyl sites for hydroxylation is 1. The Balaban J connectivity index is 1.74. The van der Waals surface area contributed by atoms with Gasteiger partial charge in [-0.15, -0.1) is 15.3 Å². The molecular formula is C13H13N7O4S2. The average Bonchev–Trinajstić information content (AvgIpc) is 3.03. The van der Waals surface area contributed by atoms with Gasteiger partial charge in [0.05, 0.1) is 5.75 Å². The van der Waals surface area contributed by atoms with Crippen LogP contribution in [-0.4, -0.2) is 40.6 Å². The zero-order valence-corrected chi connectivity index (χ0v) is 15.6. The lowest BCUT2D eigenvalue weighted by atomic mass is 10.5. The van der Waals surface area contributed by atoms with E-state index in [0.29, 0.717) is 9.30 Å². The van der Waals surface area contributed by atoms with Crippen LogP contribution in [0.2, 0.25) is 0 Å². The lowest BCUT2D eigenvalue weighted by Gasteiger charge is -2.10. The summed E-state index contributed by atoms with van der Waals surface area (Å²) in [5.41, 5.74) is -1.19. The predicted octanol–water partition coefficient (Wildman–Crippen LogP) is -1.02. The van der Waals surface area contributed by atoms with Gasteiger partial charge in [-0.05, 0) is 6.92 Å². The number of hydrogen-bond donors (Lipinski definition) is 1. The van der Waals surface area contributed by atoms with Gasteiger partial charge in [-0.3, -0.25) is 23.5 Å². The first-order chi connectivity index (χ1) is 12.3. The summed E-state index contributed by atoms with van der Waals surface area (Å²) in [5.74, 6) is -0.345. The second kappa shape index (κ2) is 6.84. The molecular weight excluding hydrogens is 382 g/mol. The van der Waals surface area contributed by atoms with E-state index in [1.165, 1.54) is 31.7 Å². The molecule has 0 fully saturated rings. The molecule has 11 nitrogen and oxygen atoms in total. The fourth-order valence-corrected chi connectivity index (χ4v) is 3.67. The number of thioether (sulfide) groups is 1. The van der Waals surface area contributed by atoms with Crippen molar-refractivity contribution in [2.24, 2.45) is 14.1 Å². The summed E-state index contributed by atoms with van der Waals surface area (Å²) in [6, 6.07) is 1.17. The van der Waals surface area contributed by atoms with Gasteiger partial charge in [-0.1, -0.05) is 23.1 Å². The molecule has 3 aromatic heterocycles. The lowest BCUT2D eigenvalue weighted by molar-refractivity contribution is -0.113. The standard InChI is InChI=1S/C13H13N7O4S2/c1-6-10(23)20-11(16-15-6)26-12(17-20)25-5-8(21)14-7-4-9(22)19(3)13(24)18(7)2/h4H,5H2,1-3H3,(H,14,21). The Hall–Kier alpha value is -2.80. The number of carbonyl (C=O) groups excluding carboxylic acids is 1. The lowest BCUT2D eigenvalue weighted by Crippen LogP contribution is -2.38. The number of amides is 1. The van der Waals surface area contributed by atoms with E-state index in [9.17, 15) is 19.2 Å².